The Morgan fingerprint density at radius 3 is 1.53 bits per heavy atom. The quantitative estimate of drug-likeness (QED) is 0.146. The molecule has 3 heteroatoms. The summed E-state index contributed by atoms with van der Waals surface area (Å²) in [5.41, 5.74) is 0. The Balaban J connectivity index is 1.59. The lowest BCUT2D eigenvalue weighted by Crippen LogP contribution is -2.40. The van der Waals surface area contributed by atoms with Crippen LogP contribution in [0.1, 0.15) is 0 Å². The van der Waals surface area contributed by atoms with Crippen LogP contribution in [0, 0.1) is 5.92 Å². The first-order chi connectivity index (χ1) is 18.8. The zero-order valence-corrected chi connectivity index (χ0v) is 23.3. The van der Waals surface area contributed by atoms with Crippen molar-refractivity contribution in [1.82, 2.24) is 4.67 Å². The van der Waals surface area contributed by atoms with Gasteiger partial charge in [0.1, 0.15) is 0 Å². The number of benzene rings is 4. The van der Waals surface area contributed by atoms with E-state index in [0.29, 0.717) is 0 Å². The van der Waals surface area contributed by atoms with Crippen molar-refractivity contribution in [2.75, 3.05) is 6.54 Å². The lowest BCUT2D eigenvalue weighted by molar-refractivity contribution is 0.389. The molecule has 0 fully saturated rings. The molecular weight excluding hydrogens is 496 g/mol. The van der Waals surface area contributed by atoms with Gasteiger partial charge in [0.25, 0.3) is 0 Å². The van der Waals surface area contributed by atoms with E-state index in [1.807, 2.05) is 6.08 Å². The Bertz CT molecular complexity index is 1300. The van der Waals surface area contributed by atoms with E-state index < -0.39 is 16.0 Å². The molecule has 1 aliphatic carbocycles. The van der Waals surface area contributed by atoms with E-state index >= 15 is 0 Å². The molecule has 0 radical (unpaired) electrons. The van der Waals surface area contributed by atoms with Crippen molar-refractivity contribution >= 4 is 37.2 Å². The molecule has 2 atom stereocenters. The molecule has 0 aromatic heterocycles. The van der Waals surface area contributed by atoms with E-state index in [0.717, 1.165) is 6.54 Å². The maximum atomic E-state index is 4.40. The monoisotopic (exact) mass is 529 g/mol. The van der Waals surface area contributed by atoms with Crippen LogP contribution in [0.5, 0.6) is 0 Å². The minimum atomic E-state index is -0.791. The average Bonchev–Trinajstić information content (AvgIpc) is 3.45. The zero-order valence-electron chi connectivity index (χ0n) is 21.6. The van der Waals surface area contributed by atoms with Gasteiger partial charge in [-0.25, -0.2) is 0 Å². The molecule has 0 aliphatic heterocycles. The molecule has 1 nitrogen and oxygen atoms in total. The average molecular weight is 530 g/mol. The fraction of sp³-hybridized carbons (Fsp3) is 0.0857. The molecule has 0 spiro atoms. The molecule has 0 saturated carbocycles. The number of hydrogen-bond donors (Lipinski definition) is 0. The zero-order chi connectivity index (χ0) is 26.2. The first kappa shape index (κ1) is 26.3. The summed E-state index contributed by atoms with van der Waals surface area (Å²) in [6, 6.07) is 43.9. The Kier molecular flexibility index (Phi) is 8.95. The molecule has 4 aromatic carbocycles. The van der Waals surface area contributed by atoms with Crippen LogP contribution in [0.15, 0.2) is 170 Å². The van der Waals surface area contributed by atoms with Crippen LogP contribution < -0.4 is 21.2 Å². The third-order valence-electron chi connectivity index (χ3n) is 6.74. The van der Waals surface area contributed by atoms with Gasteiger partial charge in [0.15, 0.2) is 0 Å². The van der Waals surface area contributed by atoms with Gasteiger partial charge in [0, 0.05) is 26.6 Å². The number of allylic oxidation sites excluding steroid dienone is 2. The van der Waals surface area contributed by atoms with Gasteiger partial charge in [-0.15, -0.1) is 13.2 Å². The molecule has 38 heavy (non-hydrogen) atoms. The van der Waals surface area contributed by atoms with E-state index in [1.165, 1.54) is 26.5 Å². The molecule has 0 saturated heterocycles. The molecular formula is C35H33NP2. The minimum absolute atomic E-state index is 0.113. The van der Waals surface area contributed by atoms with E-state index in [2.05, 4.69) is 163 Å². The Morgan fingerprint density at radius 1 is 0.658 bits per heavy atom. The van der Waals surface area contributed by atoms with Crippen LogP contribution in [0.25, 0.3) is 0 Å². The first-order valence-corrected chi connectivity index (χ1v) is 15.6. The molecule has 0 amide bonds. The van der Waals surface area contributed by atoms with Crippen LogP contribution in [0.3, 0.4) is 0 Å². The molecule has 2 unspecified atom stereocenters. The molecule has 0 N–H and O–H groups in total. The van der Waals surface area contributed by atoms with Gasteiger partial charge in [-0.1, -0.05) is 152 Å². The first-order valence-electron chi connectivity index (χ1n) is 13.0. The Morgan fingerprint density at radius 2 is 1.11 bits per heavy atom. The second kappa shape index (κ2) is 12.9. The highest BCUT2D eigenvalue weighted by molar-refractivity contribution is 7.76. The number of nitrogens with zero attached hydrogens (tertiary/aromatic N) is 1. The molecule has 188 valence electrons. The van der Waals surface area contributed by atoms with Gasteiger partial charge >= 0.3 is 0 Å². The highest BCUT2D eigenvalue weighted by Crippen LogP contribution is 2.52. The van der Waals surface area contributed by atoms with E-state index in [-0.39, 0.29) is 12.0 Å². The summed E-state index contributed by atoms with van der Waals surface area (Å²) in [5.74, 6) is 0.219. The van der Waals surface area contributed by atoms with Gasteiger partial charge in [-0.2, -0.15) is 0 Å². The van der Waals surface area contributed by atoms with Gasteiger partial charge < -0.3 is 0 Å². The maximum Gasteiger partial charge on any atom is 0.0425 e. The van der Waals surface area contributed by atoms with Crippen molar-refractivity contribution in [3.05, 3.63) is 170 Å². The van der Waals surface area contributed by atoms with Gasteiger partial charge in [0.05, 0.1) is 0 Å². The minimum Gasteiger partial charge on any atom is -0.263 e. The lowest BCUT2D eigenvalue weighted by atomic mass is 10.0. The third kappa shape index (κ3) is 5.72. The molecule has 4 aromatic rings. The Labute approximate surface area is 230 Å². The summed E-state index contributed by atoms with van der Waals surface area (Å²) in [7, 11) is -1.48. The van der Waals surface area contributed by atoms with Crippen molar-refractivity contribution in [3.8, 4) is 0 Å². The van der Waals surface area contributed by atoms with Crippen molar-refractivity contribution in [2.24, 2.45) is 5.92 Å². The summed E-state index contributed by atoms with van der Waals surface area (Å²) >= 11 is 0. The summed E-state index contributed by atoms with van der Waals surface area (Å²) < 4.78 is 2.62. The van der Waals surface area contributed by atoms with Gasteiger partial charge in [-0.05, 0) is 34.5 Å². The van der Waals surface area contributed by atoms with E-state index in [9.17, 15) is 0 Å². The Hall–Kier alpha value is -3.34. The highest BCUT2D eigenvalue weighted by atomic mass is 31.1. The van der Waals surface area contributed by atoms with Crippen LogP contribution >= 0.6 is 16.0 Å². The van der Waals surface area contributed by atoms with E-state index in [1.54, 1.807) is 0 Å². The summed E-state index contributed by atoms with van der Waals surface area (Å²) in [6.07, 6.45) is 11.2. The van der Waals surface area contributed by atoms with Crippen LogP contribution in [0.2, 0.25) is 0 Å². The van der Waals surface area contributed by atoms with Crippen LogP contribution in [-0.4, -0.2) is 17.3 Å². The molecule has 0 bridgehead atoms. The normalized spacial score (nSPS) is 15.6. The SMILES string of the molecule is C=CCN(C(C=C)C1C=CC=C1P(c1ccccc1)c1ccccc1)P(c1ccccc1)c1ccccc1. The topological polar surface area (TPSA) is 3.24 Å². The van der Waals surface area contributed by atoms with Crippen molar-refractivity contribution in [3.63, 3.8) is 0 Å². The highest BCUT2D eigenvalue weighted by Gasteiger charge is 2.36. The lowest BCUT2D eigenvalue weighted by Gasteiger charge is -2.40. The van der Waals surface area contributed by atoms with Crippen molar-refractivity contribution < 1.29 is 0 Å². The number of rotatable bonds is 11. The summed E-state index contributed by atoms with van der Waals surface area (Å²) in [4.78, 5) is 0. The number of hydrogen-bond acceptors (Lipinski definition) is 1. The van der Waals surface area contributed by atoms with Gasteiger partial charge in [0.2, 0.25) is 0 Å². The second-order valence-corrected chi connectivity index (χ2v) is 13.5. The summed E-state index contributed by atoms with van der Waals surface area (Å²) in [5, 5.41) is 6.89. The largest absolute Gasteiger partial charge is 0.263 e. The maximum absolute atomic E-state index is 4.40. The smallest absolute Gasteiger partial charge is 0.0425 e. The van der Waals surface area contributed by atoms with Gasteiger partial charge in [-0.3, -0.25) is 4.67 Å². The van der Waals surface area contributed by atoms with Crippen molar-refractivity contribution in [1.29, 1.82) is 0 Å². The van der Waals surface area contributed by atoms with E-state index in [4.69, 9.17) is 0 Å². The predicted molar refractivity (Wildman–Crippen MR) is 170 cm³/mol. The second-order valence-electron chi connectivity index (χ2n) is 9.13. The molecule has 1 aliphatic rings. The predicted octanol–water partition coefficient (Wildman–Crippen LogP) is 7.28. The third-order valence-corrected chi connectivity index (χ3v) is 11.9. The fourth-order valence-electron chi connectivity index (χ4n) is 5.10. The van der Waals surface area contributed by atoms with Crippen LogP contribution in [-0.2, 0) is 0 Å². The van der Waals surface area contributed by atoms with Crippen molar-refractivity contribution in [2.45, 2.75) is 6.04 Å². The molecule has 5 rings (SSSR count). The fourth-order valence-corrected chi connectivity index (χ4v) is 10.3. The van der Waals surface area contributed by atoms with Crippen LogP contribution in [0.4, 0.5) is 0 Å². The standard InChI is InChI=1S/C35H33NP2/c1-3-28-36(38(31-22-13-7-14-23-31)32-24-15-8-16-25-32)34(4-2)33-26-17-27-35(33)37(29-18-9-5-10-19-29)30-20-11-6-12-21-30/h3-27,33-34H,1-2,28H2. The summed E-state index contributed by atoms with van der Waals surface area (Å²) in [6.45, 7) is 9.34. The molecule has 0 heterocycles.